The van der Waals surface area contributed by atoms with Crippen LogP contribution in [0.1, 0.15) is 0 Å². The van der Waals surface area contributed by atoms with Gasteiger partial charge in [0.05, 0.1) is 6.61 Å². The fourth-order valence-electron chi connectivity index (χ4n) is 1.09. The summed E-state index contributed by atoms with van der Waals surface area (Å²) in [7, 11) is 1.64. The Bertz CT molecular complexity index is 449. The second kappa shape index (κ2) is 13.6. The number of aliphatic hydroxyl groups is 1. The number of aliphatic hydroxyl groups excluding tert-OH is 1. The van der Waals surface area contributed by atoms with Crippen LogP contribution in [0.4, 0.5) is 0 Å². The van der Waals surface area contributed by atoms with Gasteiger partial charge in [0, 0.05) is 43.9 Å². The lowest BCUT2D eigenvalue weighted by Gasteiger charge is -2.11. The maximum absolute atomic E-state index is 9.55. The number of methoxy groups -OCH3 is 1. The number of aromatic nitrogens is 1. The number of carbonyl (C=O) groups is 2. The van der Waals surface area contributed by atoms with Crippen LogP contribution in [0.3, 0.4) is 0 Å². The summed E-state index contributed by atoms with van der Waals surface area (Å²) in [5.41, 5.74) is 0. The molecule has 0 aromatic carbocycles. The van der Waals surface area contributed by atoms with Crippen LogP contribution in [-0.2, 0) is 14.3 Å². The van der Waals surface area contributed by atoms with Crippen LogP contribution in [0.25, 0.3) is 0 Å². The minimum atomic E-state index is -1.26. The largest absolute Gasteiger partial charge is 0.478 e. The zero-order chi connectivity index (χ0) is 17.5. The van der Waals surface area contributed by atoms with E-state index < -0.39 is 18.0 Å². The van der Waals surface area contributed by atoms with Gasteiger partial charge in [0.15, 0.2) is 0 Å². The van der Waals surface area contributed by atoms with E-state index in [0.717, 1.165) is 6.54 Å². The van der Waals surface area contributed by atoms with Gasteiger partial charge < -0.3 is 30.1 Å². The first-order valence-electron chi connectivity index (χ1n) is 6.49. The zero-order valence-corrected chi connectivity index (χ0v) is 13.4. The number of ether oxygens (including phenoxy) is 2. The van der Waals surface area contributed by atoms with Gasteiger partial charge in [0.1, 0.15) is 12.7 Å². The molecule has 0 amide bonds. The van der Waals surface area contributed by atoms with E-state index in [4.69, 9.17) is 19.7 Å². The standard InChI is InChI=1S/C9H16N2O3S.C4H4O4/c1-13-4-2-10-6-8(12)7-14-9-11-3-5-15-9;5-3(6)1-2-4(7)8/h3,5,8,10,12H,2,4,6-7H2,1H3;1-2H,(H,5,6)(H,7,8)/b;2-1-. The Labute approximate surface area is 137 Å². The highest BCUT2D eigenvalue weighted by atomic mass is 32.1. The topological polar surface area (TPSA) is 138 Å². The number of rotatable bonds is 10. The van der Waals surface area contributed by atoms with E-state index >= 15 is 0 Å². The Morgan fingerprint density at radius 1 is 1.39 bits per heavy atom. The minimum Gasteiger partial charge on any atom is -0.478 e. The molecular weight excluding hydrogens is 328 g/mol. The van der Waals surface area contributed by atoms with Gasteiger partial charge in [0.25, 0.3) is 5.19 Å². The van der Waals surface area contributed by atoms with Crippen molar-refractivity contribution in [3.05, 3.63) is 23.7 Å². The third-order valence-corrected chi connectivity index (χ3v) is 2.72. The molecule has 4 N–H and O–H groups in total. The molecule has 9 nitrogen and oxygen atoms in total. The SMILES string of the molecule is COCCNCC(O)COc1nccs1.O=C(O)/C=C\C(=O)O. The number of hydrogen-bond acceptors (Lipinski definition) is 8. The van der Waals surface area contributed by atoms with Crippen molar-refractivity contribution in [2.45, 2.75) is 6.10 Å². The molecule has 1 atom stereocenters. The average Bonchev–Trinajstić information content (AvgIpc) is 3.01. The van der Waals surface area contributed by atoms with Gasteiger partial charge >= 0.3 is 11.9 Å². The second-order valence-corrected chi connectivity index (χ2v) is 4.83. The highest BCUT2D eigenvalue weighted by Crippen LogP contribution is 2.13. The molecule has 0 fully saturated rings. The van der Waals surface area contributed by atoms with Crippen molar-refractivity contribution in [2.75, 3.05) is 33.4 Å². The van der Waals surface area contributed by atoms with Gasteiger partial charge in [-0.05, 0) is 0 Å². The number of aliphatic carboxylic acids is 2. The predicted octanol–water partition coefficient (Wildman–Crippen LogP) is -0.169. The van der Waals surface area contributed by atoms with Crippen LogP contribution in [0.5, 0.6) is 5.19 Å². The Morgan fingerprint density at radius 2 is 2.04 bits per heavy atom. The first kappa shape index (κ1) is 21.0. The van der Waals surface area contributed by atoms with Crippen molar-refractivity contribution in [1.29, 1.82) is 0 Å². The number of hydrogen-bond donors (Lipinski definition) is 4. The van der Waals surface area contributed by atoms with E-state index in [-0.39, 0.29) is 6.61 Å². The highest BCUT2D eigenvalue weighted by Gasteiger charge is 2.05. The molecule has 0 radical (unpaired) electrons. The van der Waals surface area contributed by atoms with Crippen molar-refractivity contribution in [3.63, 3.8) is 0 Å². The Kier molecular flexibility index (Phi) is 12.4. The molecule has 130 valence electrons. The number of carboxylic acid groups (broad SMARTS) is 2. The van der Waals surface area contributed by atoms with E-state index in [1.165, 1.54) is 11.3 Å². The van der Waals surface area contributed by atoms with Crippen molar-refractivity contribution in [2.24, 2.45) is 0 Å². The van der Waals surface area contributed by atoms with Crippen LogP contribution in [0, 0.1) is 0 Å². The average molecular weight is 348 g/mol. The summed E-state index contributed by atoms with van der Waals surface area (Å²) in [6.07, 6.45) is 2.26. The summed E-state index contributed by atoms with van der Waals surface area (Å²) in [6, 6.07) is 0. The Balaban J connectivity index is 0.000000515. The van der Waals surface area contributed by atoms with Crippen LogP contribution in [0.15, 0.2) is 23.7 Å². The van der Waals surface area contributed by atoms with E-state index in [2.05, 4.69) is 10.3 Å². The quantitative estimate of drug-likeness (QED) is 0.335. The molecule has 1 unspecified atom stereocenters. The third kappa shape index (κ3) is 14.7. The van der Waals surface area contributed by atoms with E-state index in [9.17, 15) is 14.7 Å². The summed E-state index contributed by atoms with van der Waals surface area (Å²) >= 11 is 1.41. The lowest BCUT2D eigenvalue weighted by molar-refractivity contribution is -0.134. The molecule has 0 aliphatic carbocycles. The van der Waals surface area contributed by atoms with E-state index in [0.29, 0.717) is 30.5 Å². The maximum Gasteiger partial charge on any atom is 0.328 e. The van der Waals surface area contributed by atoms with Gasteiger partial charge in [-0.3, -0.25) is 0 Å². The van der Waals surface area contributed by atoms with Gasteiger partial charge in [-0.2, -0.15) is 0 Å². The van der Waals surface area contributed by atoms with Crippen LogP contribution in [-0.4, -0.2) is 71.8 Å². The summed E-state index contributed by atoms with van der Waals surface area (Å²) in [4.78, 5) is 23.0. The number of carboxylic acids is 2. The number of nitrogens with zero attached hydrogens (tertiary/aromatic N) is 1. The molecule has 1 aromatic heterocycles. The highest BCUT2D eigenvalue weighted by molar-refractivity contribution is 7.11. The molecule has 1 aromatic rings. The van der Waals surface area contributed by atoms with Crippen molar-refractivity contribution >= 4 is 23.3 Å². The molecule has 0 saturated carbocycles. The number of thiazole rings is 1. The molecule has 1 rings (SSSR count). The molecule has 23 heavy (non-hydrogen) atoms. The van der Waals surface area contributed by atoms with Gasteiger partial charge in [-0.1, -0.05) is 11.3 Å². The van der Waals surface area contributed by atoms with Crippen LogP contribution < -0.4 is 10.1 Å². The lowest BCUT2D eigenvalue weighted by atomic mass is 10.4. The second-order valence-electron chi connectivity index (χ2n) is 3.97. The van der Waals surface area contributed by atoms with E-state index in [1.54, 1.807) is 13.3 Å². The smallest absolute Gasteiger partial charge is 0.328 e. The molecule has 0 aliphatic heterocycles. The van der Waals surface area contributed by atoms with Gasteiger partial charge in [-0.15, -0.1) is 0 Å². The predicted molar refractivity (Wildman–Crippen MR) is 82.8 cm³/mol. The first-order valence-corrected chi connectivity index (χ1v) is 7.37. The fraction of sp³-hybridized carbons (Fsp3) is 0.462. The molecule has 0 bridgehead atoms. The summed E-state index contributed by atoms with van der Waals surface area (Å²) in [6.45, 7) is 2.12. The molecule has 0 spiro atoms. The summed E-state index contributed by atoms with van der Waals surface area (Å²) in [5.74, 6) is -2.51. The number of nitrogens with one attached hydrogen (secondary N) is 1. The first-order chi connectivity index (χ1) is 11.0. The zero-order valence-electron chi connectivity index (χ0n) is 12.5. The summed E-state index contributed by atoms with van der Waals surface area (Å²) in [5, 5.41) is 30.6. The molecule has 10 heteroatoms. The molecular formula is C13H20N2O7S. The normalized spacial score (nSPS) is 11.6. The monoisotopic (exact) mass is 348 g/mol. The Hall–Kier alpha value is -2.01. The fourth-order valence-corrected chi connectivity index (χ4v) is 1.59. The lowest BCUT2D eigenvalue weighted by Crippen LogP contribution is -2.33. The van der Waals surface area contributed by atoms with Crippen molar-refractivity contribution in [1.82, 2.24) is 10.3 Å². The van der Waals surface area contributed by atoms with E-state index in [1.807, 2.05) is 5.38 Å². The third-order valence-electron chi connectivity index (χ3n) is 2.04. The van der Waals surface area contributed by atoms with Gasteiger partial charge in [-0.25, -0.2) is 14.6 Å². The summed E-state index contributed by atoms with van der Waals surface area (Å²) < 4.78 is 10.1. The van der Waals surface area contributed by atoms with Crippen LogP contribution in [0.2, 0.25) is 0 Å². The van der Waals surface area contributed by atoms with Gasteiger partial charge in [0.2, 0.25) is 0 Å². The van der Waals surface area contributed by atoms with Crippen LogP contribution >= 0.6 is 11.3 Å². The van der Waals surface area contributed by atoms with Crippen molar-refractivity contribution < 1.29 is 34.4 Å². The maximum atomic E-state index is 9.55. The van der Waals surface area contributed by atoms with Crippen molar-refractivity contribution in [3.8, 4) is 5.19 Å². The molecule has 1 heterocycles. The Morgan fingerprint density at radius 3 is 2.52 bits per heavy atom. The molecule has 0 saturated heterocycles. The minimum absolute atomic E-state index is 0.257. The molecule has 0 aliphatic rings.